The molecule has 2 rings (SSSR count). The summed E-state index contributed by atoms with van der Waals surface area (Å²) in [4.78, 5) is 0. The van der Waals surface area contributed by atoms with E-state index < -0.39 is 6.10 Å². The van der Waals surface area contributed by atoms with Gasteiger partial charge in [-0.1, -0.05) is 58.4 Å². The number of aliphatic hydroxyl groups is 1. The summed E-state index contributed by atoms with van der Waals surface area (Å²) in [6.07, 6.45) is 0.498. The molecule has 106 valence electrons. The number of nitrogens with one attached hydrogen (secondary N) is 1. The van der Waals surface area contributed by atoms with E-state index in [1.807, 2.05) is 30.3 Å². The Morgan fingerprint density at radius 2 is 1.70 bits per heavy atom. The highest BCUT2D eigenvalue weighted by Gasteiger charge is 2.09. The third kappa shape index (κ3) is 4.75. The van der Waals surface area contributed by atoms with Crippen molar-refractivity contribution in [3.05, 3.63) is 70.2 Å². The van der Waals surface area contributed by atoms with Gasteiger partial charge in [-0.05, 0) is 36.6 Å². The van der Waals surface area contributed by atoms with Crippen LogP contribution in [0.3, 0.4) is 0 Å². The Morgan fingerprint density at radius 3 is 2.35 bits per heavy atom. The molecule has 0 fully saturated rings. The van der Waals surface area contributed by atoms with Crippen molar-refractivity contribution in [2.75, 3.05) is 6.54 Å². The summed E-state index contributed by atoms with van der Waals surface area (Å²) in [6.45, 7) is 2.71. The molecule has 0 amide bonds. The van der Waals surface area contributed by atoms with Crippen LogP contribution in [0.4, 0.5) is 0 Å². The molecule has 2 N–H and O–H groups in total. The fraction of sp³-hybridized carbons (Fsp3) is 0.294. The Morgan fingerprint density at radius 1 is 1.05 bits per heavy atom. The van der Waals surface area contributed by atoms with Gasteiger partial charge in [0.1, 0.15) is 0 Å². The van der Waals surface area contributed by atoms with Gasteiger partial charge in [0.05, 0.1) is 6.10 Å². The molecule has 0 aliphatic rings. The fourth-order valence-electron chi connectivity index (χ4n) is 2.15. The third-order valence-corrected chi connectivity index (χ3v) is 3.83. The Labute approximate surface area is 129 Å². The number of hydrogen-bond acceptors (Lipinski definition) is 2. The molecule has 2 atom stereocenters. The topological polar surface area (TPSA) is 32.3 Å². The van der Waals surface area contributed by atoms with Crippen LogP contribution in [0, 0.1) is 0 Å². The quantitative estimate of drug-likeness (QED) is 0.844. The van der Waals surface area contributed by atoms with E-state index in [-0.39, 0.29) is 0 Å². The molecule has 3 heteroatoms. The number of halogens is 1. The Balaban J connectivity index is 1.80. The maximum Gasteiger partial charge on any atom is 0.0914 e. The first-order valence-corrected chi connectivity index (χ1v) is 7.65. The Kier molecular flexibility index (Phi) is 5.77. The maximum atomic E-state index is 10.1. The number of rotatable bonds is 6. The van der Waals surface area contributed by atoms with Crippen molar-refractivity contribution in [2.24, 2.45) is 0 Å². The molecule has 2 aromatic carbocycles. The zero-order chi connectivity index (χ0) is 14.4. The van der Waals surface area contributed by atoms with Crippen molar-refractivity contribution in [1.29, 1.82) is 0 Å². The molecule has 0 saturated heterocycles. The van der Waals surface area contributed by atoms with Crippen LogP contribution in [0.25, 0.3) is 0 Å². The Hall–Kier alpha value is -1.16. The summed E-state index contributed by atoms with van der Waals surface area (Å²) >= 11 is 3.44. The monoisotopic (exact) mass is 333 g/mol. The molecule has 0 bridgehead atoms. The van der Waals surface area contributed by atoms with Crippen LogP contribution in [0.2, 0.25) is 0 Å². The van der Waals surface area contributed by atoms with Crippen LogP contribution >= 0.6 is 15.9 Å². The van der Waals surface area contributed by atoms with E-state index in [4.69, 9.17) is 0 Å². The summed E-state index contributed by atoms with van der Waals surface area (Å²) in [7, 11) is 0. The molecule has 0 aromatic heterocycles. The first kappa shape index (κ1) is 15.2. The van der Waals surface area contributed by atoms with Gasteiger partial charge in [-0.2, -0.15) is 0 Å². The van der Waals surface area contributed by atoms with Crippen LogP contribution in [-0.4, -0.2) is 17.7 Å². The third-order valence-electron chi connectivity index (χ3n) is 3.30. The summed E-state index contributed by atoms with van der Waals surface area (Å²) in [5.74, 6) is 0. The Bertz CT molecular complexity index is 512. The standard InChI is InChI=1S/C17H20BrNO/c1-13(11-14-7-9-16(18)10-8-14)19-12-17(20)15-5-3-2-4-6-15/h2-10,13,17,19-20H,11-12H2,1H3. The van der Waals surface area contributed by atoms with E-state index in [0.717, 1.165) is 16.5 Å². The molecule has 0 saturated carbocycles. The van der Waals surface area contributed by atoms with Crippen molar-refractivity contribution >= 4 is 15.9 Å². The lowest BCUT2D eigenvalue weighted by Crippen LogP contribution is -2.32. The van der Waals surface area contributed by atoms with Gasteiger partial charge in [-0.3, -0.25) is 0 Å². The minimum absolute atomic E-state index is 0.328. The van der Waals surface area contributed by atoms with Gasteiger partial charge in [-0.15, -0.1) is 0 Å². The molecule has 2 unspecified atom stereocenters. The van der Waals surface area contributed by atoms with Crippen molar-refractivity contribution in [3.8, 4) is 0 Å². The van der Waals surface area contributed by atoms with E-state index in [1.54, 1.807) is 0 Å². The first-order chi connectivity index (χ1) is 9.65. The van der Waals surface area contributed by atoms with Crippen LogP contribution in [0.1, 0.15) is 24.2 Å². The lowest BCUT2D eigenvalue weighted by molar-refractivity contribution is 0.170. The smallest absolute Gasteiger partial charge is 0.0914 e. The van der Waals surface area contributed by atoms with Crippen molar-refractivity contribution < 1.29 is 5.11 Å². The minimum Gasteiger partial charge on any atom is -0.387 e. The molecule has 0 heterocycles. The summed E-state index contributed by atoms with van der Waals surface area (Å²) in [6, 6.07) is 18.4. The van der Waals surface area contributed by atoms with E-state index in [1.165, 1.54) is 5.56 Å². The number of benzene rings is 2. The maximum absolute atomic E-state index is 10.1. The summed E-state index contributed by atoms with van der Waals surface area (Å²) in [5.41, 5.74) is 2.25. The molecule has 2 aromatic rings. The molecule has 0 aliphatic heterocycles. The second kappa shape index (κ2) is 7.58. The van der Waals surface area contributed by atoms with Crippen LogP contribution < -0.4 is 5.32 Å². The van der Waals surface area contributed by atoms with Gasteiger partial charge >= 0.3 is 0 Å². The summed E-state index contributed by atoms with van der Waals surface area (Å²) in [5, 5.41) is 13.5. The van der Waals surface area contributed by atoms with E-state index in [0.29, 0.717) is 12.6 Å². The van der Waals surface area contributed by atoms with Crippen LogP contribution in [-0.2, 0) is 6.42 Å². The average Bonchev–Trinajstić information content (AvgIpc) is 2.48. The van der Waals surface area contributed by atoms with E-state index in [2.05, 4.69) is 52.4 Å². The van der Waals surface area contributed by atoms with Gasteiger partial charge in [0.2, 0.25) is 0 Å². The molecule has 0 spiro atoms. The van der Waals surface area contributed by atoms with E-state index >= 15 is 0 Å². The van der Waals surface area contributed by atoms with E-state index in [9.17, 15) is 5.11 Å². The van der Waals surface area contributed by atoms with Crippen molar-refractivity contribution in [1.82, 2.24) is 5.32 Å². The molecular weight excluding hydrogens is 314 g/mol. The van der Waals surface area contributed by atoms with Crippen LogP contribution in [0.15, 0.2) is 59.1 Å². The second-order valence-electron chi connectivity index (χ2n) is 5.07. The highest BCUT2D eigenvalue weighted by Crippen LogP contribution is 2.13. The average molecular weight is 334 g/mol. The van der Waals surface area contributed by atoms with Gasteiger partial charge in [0.15, 0.2) is 0 Å². The van der Waals surface area contributed by atoms with Crippen molar-refractivity contribution in [2.45, 2.75) is 25.5 Å². The molecule has 0 aliphatic carbocycles. The van der Waals surface area contributed by atoms with Gasteiger partial charge in [0, 0.05) is 17.1 Å². The first-order valence-electron chi connectivity index (χ1n) is 6.86. The van der Waals surface area contributed by atoms with Crippen molar-refractivity contribution in [3.63, 3.8) is 0 Å². The van der Waals surface area contributed by atoms with Crippen LogP contribution in [0.5, 0.6) is 0 Å². The predicted octanol–water partition coefficient (Wildman–Crippen LogP) is 3.70. The molecule has 20 heavy (non-hydrogen) atoms. The predicted molar refractivity (Wildman–Crippen MR) is 86.7 cm³/mol. The van der Waals surface area contributed by atoms with Gasteiger partial charge in [0.25, 0.3) is 0 Å². The highest BCUT2D eigenvalue weighted by atomic mass is 79.9. The zero-order valence-electron chi connectivity index (χ0n) is 11.6. The molecule has 0 radical (unpaired) electrons. The second-order valence-corrected chi connectivity index (χ2v) is 5.98. The largest absolute Gasteiger partial charge is 0.387 e. The van der Waals surface area contributed by atoms with Gasteiger partial charge in [-0.25, -0.2) is 0 Å². The SMILES string of the molecule is CC(Cc1ccc(Br)cc1)NCC(O)c1ccccc1. The zero-order valence-corrected chi connectivity index (χ0v) is 13.2. The summed E-state index contributed by atoms with van der Waals surface area (Å²) < 4.78 is 1.10. The number of hydrogen-bond donors (Lipinski definition) is 2. The minimum atomic E-state index is -0.455. The highest BCUT2D eigenvalue weighted by molar-refractivity contribution is 9.10. The number of aliphatic hydroxyl groups excluding tert-OH is 1. The lowest BCUT2D eigenvalue weighted by atomic mass is 10.1. The molecular formula is C17H20BrNO. The fourth-order valence-corrected chi connectivity index (χ4v) is 2.42. The van der Waals surface area contributed by atoms with Gasteiger partial charge < -0.3 is 10.4 Å². The molecule has 2 nitrogen and oxygen atoms in total. The normalized spacial score (nSPS) is 13.9. The lowest BCUT2D eigenvalue weighted by Gasteiger charge is -2.17.